The molecule has 0 fully saturated rings. The van der Waals surface area contributed by atoms with E-state index in [1.54, 1.807) is 0 Å². The Kier molecular flexibility index (Phi) is 11.7. The summed E-state index contributed by atoms with van der Waals surface area (Å²) in [6.07, 6.45) is 23.3. The van der Waals surface area contributed by atoms with E-state index in [1.807, 2.05) is 0 Å². The van der Waals surface area contributed by atoms with E-state index in [4.69, 9.17) is 0 Å². The van der Waals surface area contributed by atoms with Gasteiger partial charge in [-0.05, 0) is 25.7 Å². The van der Waals surface area contributed by atoms with Crippen molar-refractivity contribution >= 4 is 7.81 Å². The predicted octanol–water partition coefficient (Wildman–Crippen LogP) is 8.88. The van der Waals surface area contributed by atoms with Crippen LogP contribution < -0.4 is 4.57 Å². The van der Waals surface area contributed by atoms with Crippen LogP contribution >= 0.6 is 7.81 Å². The van der Waals surface area contributed by atoms with Gasteiger partial charge in [0.1, 0.15) is 12.4 Å². The van der Waals surface area contributed by atoms with Gasteiger partial charge in [-0.25, -0.2) is 9.13 Å². The molecular weight excluding hydrogens is 401 g/mol. The van der Waals surface area contributed by atoms with E-state index in [0.717, 1.165) is 0 Å². The molecule has 0 spiro atoms. The summed E-state index contributed by atoms with van der Waals surface area (Å²) >= 11 is 0. The molecule has 170 valence electrons. The van der Waals surface area contributed by atoms with Crippen molar-refractivity contribution in [3.05, 3.63) is 18.7 Å². The van der Waals surface area contributed by atoms with Gasteiger partial charge < -0.3 is 0 Å². The minimum absolute atomic E-state index is 1.19. The molecule has 0 aliphatic carbocycles. The van der Waals surface area contributed by atoms with Crippen LogP contribution in [0.3, 0.4) is 0 Å². The normalized spacial score (nSPS) is 14.1. The monoisotopic (exact) mass is 438 g/mol. The van der Waals surface area contributed by atoms with Crippen molar-refractivity contribution in [3.8, 4) is 0 Å². The zero-order valence-corrected chi connectivity index (χ0v) is 18.1. The molecule has 28 heavy (non-hydrogen) atoms. The molecule has 0 saturated heterocycles. The number of aryl methyl sites for hydroxylation is 2. The summed E-state index contributed by atoms with van der Waals surface area (Å²) in [4.78, 5) is 0. The molecule has 0 bridgehead atoms. The van der Waals surface area contributed by atoms with Gasteiger partial charge in [0.25, 0.3) is 0 Å². The Labute approximate surface area is 165 Å². The number of halogens is 6. The Hall–Kier alpha value is -0.780. The molecule has 0 amide bonds. The van der Waals surface area contributed by atoms with Crippen LogP contribution in [-0.2, 0) is 13.1 Å². The fourth-order valence-electron chi connectivity index (χ4n) is 2.85. The number of imidazole rings is 1. The van der Waals surface area contributed by atoms with Crippen molar-refractivity contribution in [2.24, 2.45) is 0 Å². The fraction of sp³-hybridized carbons (Fsp3) is 0.842. The van der Waals surface area contributed by atoms with E-state index in [-0.39, 0.29) is 0 Å². The van der Waals surface area contributed by atoms with E-state index in [1.165, 1.54) is 90.1 Å². The number of nitrogens with zero attached hydrogens (tertiary/aromatic N) is 2. The quantitative estimate of drug-likeness (QED) is 0.119. The Morgan fingerprint density at radius 1 is 0.679 bits per heavy atom. The summed E-state index contributed by atoms with van der Waals surface area (Å²) in [5.74, 6) is 0. The molecule has 0 aliphatic rings. The molecule has 0 atom stereocenters. The molecule has 1 rings (SSSR count). The first kappa shape index (κ1) is 27.2. The maximum atomic E-state index is 9.87. The summed E-state index contributed by atoms with van der Waals surface area (Å²) in [7, 11) is -10.7. The van der Waals surface area contributed by atoms with Crippen LogP contribution in [0, 0.1) is 0 Å². The molecule has 2 nitrogen and oxygen atoms in total. The summed E-state index contributed by atoms with van der Waals surface area (Å²) in [6.45, 7) is 6.94. The Balaban J connectivity index is 0.000000887. The summed E-state index contributed by atoms with van der Waals surface area (Å²) in [5, 5.41) is 0. The van der Waals surface area contributed by atoms with Crippen molar-refractivity contribution in [2.45, 2.75) is 104 Å². The van der Waals surface area contributed by atoms with E-state index in [0.29, 0.717) is 0 Å². The average molecular weight is 438 g/mol. The van der Waals surface area contributed by atoms with Crippen molar-refractivity contribution in [1.29, 1.82) is 0 Å². The first-order valence-corrected chi connectivity index (χ1v) is 12.5. The molecule has 1 aromatic rings. The van der Waals surface area contributed by atoms with Gasteiger partial charge in [-0.15, -0.1) is 0 Å². The molecule has 1 aromatic heterocycles. The second-order valence-electron chi connectivity index (χ2n) is 7.38. The van der Waals surface area contributed by atoms with E-state index in [9.17, 15) is 25.2 Å². The van der Waals surface area contributed by atoms with Crippen LogP contribution in [0.1, 0.15) is 90.9 Å². The zero-order valence-electron chi connectivity index (χ0n) is 17.2. The minimum atomic E-state index is -10.7. The number of unbranched alkanes of at least 4 members (excludes halogenated alkanes) is 10. The van der Waals surface area contributed by atoms with Gasteiger partial charge in [0.05, 0.1) is 13.1 Å². The molecule has 0 N–H and O–H groups in total. The molecule has 9 heteroatoms. The van der Waals surface area contributed by atoms with Crippen LogP contribution in [0.4, 0.5) is 25.2 Å². The van der Waals surface area contributed by atoms with E-state index >= 15 is 0 Å². The van der Waals surface area contributed by atoms with Gasteiger partial charge in [0, 0.05) is 0 Å². The number of rotatable bonds is 14. The number of aromatic nitrogens is 2. The third kappa shape index (κ3) is 25.2. The Bertz CT molecular complexity index is 471. The second-order valence-corrected chi connectivity index (χ2v) is 9.30. The molecule has 0 saturated carbocycles. The van der Waals surface area contributed by atoms with Crippen LogP contribution in [0.25, 0.3) is 0 Å². The van der Waals surface area contributed by atoms with Crippen molar-refractivity contribution in [1.82, 2.24) is 4.57 Å². The van der Waals surface area contributed by atoms with Crippen molar-refractivity contribution in [2.75, 3.05) is 0 Å². The molecule has 0 radical (unpaired) electrons. The topological polar surface area (TPSA) is 8.81 Å². The first-order chi connectivity index (χ1) is 12.8. The van der Waals surface area contributed by atoms with Crippen LogP contribution in [0.15, 0.2) is 18.7 Å². The Morgan fingerprint density at radius 2 is 1.11 bits per heavy atom. The van der Waals surface area contributed by atoms with Crippen molar-refractivity contribution in [3.63, 3.8) is 0 Å². The fourth-order valence-corrected chi connectivity index (χ4v) is 2.85. The summed E-state index contributed by atoms with van der Waals surface area (Å²) < 4.78 is 63.9. The van der Waals surface area contributed by atoms with Crippen LogP contribution in [0.2, 0.25) is 0 Å². The molecular formula is C19H37F6N2P. The van der Waals surface area contributed by atoms with Crippen molar-refractivity contribution < 1.29 is 29.7 Å². The third-order valence-corrected chi connectivity index (χ3v) is 4.29. The number of hydrogen-bond acceptors (Lipinski definition) is 0. The van der Waals surface area contributed by atoms with Gasteiger partial charge in [-0.3, -0.25) is 0 Å². The SMILES string of the molecule is CCCCCCCCn1cc[n+](CCCCCCCC)c1.F[P-](F)(F)(F)(F)F. The van der Waals surface area contributed by atoms with Gasteiger partial charge in [-0.1, -0.05) is 65.2 Å². The zero-order chi connectivity index (χ0) is 21.6. The standard InChI is InChI=1S/C19H37N2.F6P/c1-3-5-7-9-11-13-15-20-17-18-21(19-20)16-14-12-10-8-6-4-2;1-7(2,3,4,5)6/h17-19H,3-16H2,1-2H3;/q+1;-1. The molecule has 0 aliphatic heterocycles. The molecule has 0 aromatic carbocycles. The van der Waals surface area contributed by atoms with E-state index in [2.05, 4.69) is 41.7 Å². The van der Waals surface area contributed by atoms with Crippen LogP contribution in [0.5, 0.6) is 0 Å². The number of hydrogen-bond donors (Lipinski definition) is 0. The predicted molar refractivity (Wildman–Crippen MR) is 105 cm³/mol. The maximum absolute atomic E-state index is 10.7. The summed E-state index contributed by atoms with van der Waals surface area (Å²) in [5.41, 5.74) is 0. The second kappa shape index (κ2) is 12.0. The average Bonchev–Trinajstić information content (AvgIpc) is 2.99. The van der Waals surface area contributed by atoms with Gasteiger partial charge >= 0.3 is 33.0 Å². The van der Waals surface area contributed by atoms with Gasteiger partial charge in [-0.2, -0.15) is 0 Å². The molecule has 0 unspecified atom stereocenters. The molecule has 1 heterocycles. The Morgan fingerprint density at radius 3 is 1.61 bits per heavy atom. The van der Waals surface area contributed by atoms with E-state index < -0.39 is 7.81 Å². The van der Waals surface area contributed by atoms with Gasteiger partial charge in [0.15, 0.2) is 0 Å². The summed E-state index contributed by atoms with van der Waals surface area (Å²) in [6, 6.07) is 0. The third-order valence-electron chi connectivity index (χ3n) is 4.29. The van der Waals surface area contributed by atoms with Crippen LogP contribution in [-0.4, -0.2) is 4.57 Å². The first-order valence-electron chi connectivity index (χ1n) is 10.4. The van der Waals surface area contributed by atoms with Gasteiger partial charge in [0.2, 0.25) is 6.33 Å².